The first-order valence-corrected chi connectivity index (χ1v) is 11.4. The number of fused-ring (bicyclic) bond motifs is 3. The van der Waals surface area contributed by atoms with Gasteiger partial charge in [-0.05, 0) is 43.4 Å². The predicted molar refractivity (Wildman–Crippen MR) is 120 cm³/mol. The maximum Gasteiger partial charge on any atom is 0.262 e. The van der Waals surface area contributed by atoms with Crippen molar-refractivity contribution in [1.82, 2.24) is 24.6 Å². The molecule has 32 heavy (non-hydrogen) atoms. The molecule has 0 radical (unpaired) electrons. The summed E-state index contributed by atoms with van der Waals surface area (Å²) in [5.41, 5.74) is 2.49. The van der Waals surface area contributed by atoms with E-state index in [1.54, 1.807) is 28.7 Å². The molecule has 1 N–H and O–H groups in total. The highest BCUT2D eigenvalue weighted by Gasteiger charge is 2.25. The van der Waals surface area contributed by atoms with Crippen LogP contribution in [0.3, 0.4) is 0 Å². The van der Waals surface area contributed by atoms with E-state index >= 15 is 0 Å². The number of nitrogens with zero attached hydrogens (tertiary/aromatic N) is 4. The summed E-state index contributed by atoms with van der Waals surface area (Å²) >= 11 is 1.54. The van der Waals surface area contributed by atoms with Crippen LogP contribution in [0.25, 0.3) is 10.2 Å². The minimum atomic E-state index is -0.530. The lowest BCUT2D eigenvalue weighted by molar-refractivity contribution is 0.445. The molecule has 0 bridgehead atoms. The van der Waals surface area contributed by atoms with E-state index in [2.05, 4.69) is 15.4 Å². The Hall–Kier alpha value is -2.91. The lowest BCUT2D eigenvalue weighted by Gasteiger charge is -2.23. The second-order valence-electron chi connectivity index (χ2n) is 8.36. The fourth-order valence-corrected chi connectivity index (χ4v) is 5.62. The molecule has 1 aliphatic carbocycles. The van der Waals surface area contributed by atoms with Crippen LogP contribution in [0, 0.1) is 18.6 Å². The molecule has 0 saturated carbocycles. The number of nitrogens with one attached hydrogen (secondary N) is 1. The Morgan fingerprint density at radius 2 is 2.16 bits per heavy atom. The summed E-state index contributed by atoms with van der Waals surface area (Å²) in [5.74, 6) is -1.02. The molecule has 0 amide bonds. The van der Waals surface area contributed by atoms with E-state index in [1.807, 2.05) is 13.2 Å². The summed E-state index contributed by atoms with van der Waals surface area (Å²) in [4.78, 5) is 19.6. The summed E-state index contributed by atoms with van der Waals surface area (Å²) in [6.07, 6.45) is 7.47. The van der Waals surface area contributed by atoms with Gasteiger partial charge >= 0.3 is 0 Å². The Morgan fingerprint density at radius 3 is 2.94 bits per heavy atom. The van der Waals surface area contributed by atoms with Crippen LogP contribution in [0.1, 0.15) is 33.6 Å². The first kappa shape index (κ1) is 21.0. The number of hydrogen-bond acceptors (Lipinski definition) is 5. The van der Waals surface area contributed by atoms with Gasteiger partial charge in [-0.25, -0.2) is 13.8 Å². The maximum atomic E-state index is 14.3. The van der Waals surface area contributed by atoms with Crippen molar-refractivity contribution < 1.29 is 8.78 Å². The van der Waals surface area contributed by atoms with Gasteiger partial charge in [-0.2, -0.15) is 5.10 Å². The van der Waals surface area contributed by atoms with Gasteiger partial charge < -0.3 is 5.32 Å². The molecule has 0 fully saturated rings. The Bertz CT molecular complexity index is 1370. The zero-order chi connectivity index (χ0) is 22.4. The van der Waals surface area contributed by atoms with Gasteiger partial charge in [-0.3, -0.25) is 14.0 Å². The van der Waals surface area contributed by atoms with Crippen molar-refractivity contribution >= 4 is 21.6 Å². The summed E-state index contributed by atoms with van der Waals surface area (Å²) in [6, 6.07) is 2.85. The Balaban J connectivity index is 1.37. The molecule has 0 spiro atoms. The summed E-state index contributed by atoms with van der Waals surface area (Å²) in [5, 5.41) is 8.16. The van der Waals surface area contributed by atoms with Crippen LogP contribution >= 0.6 is 11.3 Å². The first-order chi connectivity index (χ1) is 15.4. The molecule has 0 unspecified atom stereocenters. The highest BCUT2D eigenvalue weighted by molar-refractivity contribution is 7.18. The largest absolute Gasteiger partial charge is 0.309 e. The Morgan fingerprint density at radius 1 is 1.31 bits per heavy atom. The number of thiophene rings is 1. The van der Waals surface area contributed by atoms with Crippen molar-refractivity contribution in [3.8, 4) is 0 Å². The fraction of sp³-hybridized carbons (Fsp3) is 0.348. The van der Waals surface area contributed by atoms with E-state index in [1.165, 1.54) is 23.5 Å². The summed E-state index contributed by atoms with van der Waals surface area (Å²) in [7, 11) is 1.84. The van der Waals surface area contributed by atoms with Crippen LogP contribution in [-0.2, 0) is 33.0 Å². The normalized spacial score (nSPS) is 15.9. The van der Waals surface area contributed by atoms with E-state index < -0.39 is 11.6 Å². The van der Waals surface area contributed by atoms with Crippen molar-refractivity contribution in [2.24, 2.45) is 7.05 Å². The van der Waals surface area contributed by atoms with Crippen molar-refractivity contribution in [3.05, 3.63) is 80.0 Å². The van der Waals surface area contributed by atoms with E-state index in [9.17, 15) is 13.6 Å². The van der Waals surface area contributed by atoms with Gasteiger partial charge in [0, 0.05) is 41.8 Å². The van der Waals surface area contributed by atoms with Crippen LogP contribution in [0.4, 0.5) is 8.78 Å². The average Bonchev–Trinajstić information content (AvgIpc) is 3.35. The van der Waals surface area contributed by atoms with Crippen LogP contribution in [0.2, 0.25) is 0 Å². The molecule has 9 heteroatoms. The monoisotopic (exact) mass is 455 g/mol. The summed E-state index contributed by atoms with van der Waals surface area (Å²) < 4.78 is 31.7. The SMILES string of the molecule is Cc1ccc(F)c(CN[C@@H]2CCc3c(sc4ncn(Cc5cnn(C)c5)c(=O)c34)C2)c1F. The quantitative estimate of drug-likeness (QED) is 0.501. The molecule has 4 aromatic rings. The van der Waals surface area contributed by atoms with Crippen LogP contribution < -0.4 is 10.9 Å². The molecule has 0 aliphatic heterocycles. The highest BCUT2D eigenvalue weighted by Crippen LogP contribution is 2.34. The second kappa shape index (κ2) is 8.22. The minimum Gasteiger partial charge on any atom is -0.309 e. The zero-order valence-electron chi connectivity index (χ0n) is 17.9. The van der Waals surface area contributed by atoms with Gasteiger partial charge in [0.1, 0.15) is 16.5 Å². The van der Waals surface area contributed by atoms with Gasteiger partial charge in [-0.15, -0.1) is 11.3 Å². The minimum absolute atomic E-state index is 0.0355. The number of halogens is 2. The zero-order valence-corrected chi connectivity index (χ0v) is 18.7. The fourth-order valence-electron chi connectivity index (χ4n) is 4.36. The van der Waals surface area contributed by atoms with E-state index in [0.29, 0.717) is 23.9 Å². The molecule has 1 aromatic carbocycles. The van der Waals surface area contributed by atoms with E-state index in [0.717, 1.165) is 33.7 Å². The third-order valence-corrected chi connectivity index (χ3v) is 7.26. The Labute approximate surface area is 187 Å². The lowest BCUT2D eigenvalue weighted by Crippen LogP contribution is -2.34. The standard InChI is InChI=1S/C23H23F2N5OS/c1-13-3-6-18(24)17(21(13)25)9-26-15-4-5-16-19(7-15)32-22-20(16)23(31)30(12-27-22)11-14-8-28-29(2)10-14/h3,6,8,10,12,15,26H,4-5,7,9,11H2,1-2H3/t15-/m1/s1. The maximum absolute atomic E-state index is 14.3. The topological polar surface area (TPSA) is 64.7 Å². The molecule has 5 rings (SSSR count). The van der Waals surface area contributed by atoms with E-state index in [-0.39, 0.29) is 23.7 Å². The predicted octanol–water partition coefficient (Wildman–Crippen LogP) is 3.47. The van der Waals surface area contributed by atoms with Gasteiger partial charge in [-0.1, -0.05) is 6.07 Å². The number of rotatable bonds is 5. The third-order valence-electron chi connectivity index (χ3n) is 6.09. The average molecular weight is 456 g/mol. The van der Waals surface area contributed by atoms with Gasteiger partial charge in [0.25, 0.3) is 5.56 Å². The lowest BCUT2D eigenvalue weighted by atomic mass is 9.93. The molecule has 0 saturated heterocycles. The second-order valence-corrected chi connectivity index (χ2v) is 9.44. The molecule has 3 heterocycles. The van der Waals surface area contributed by atoms with Gasteiger partial charge in [0.15, 0.2) is 0 Å². The molecule has 166 valence electrons. The van der Waals surface area contributed by atoms with Gasteiger partial charge in [0.2, 0.25) is 0 Å². The van der Waals surface area contributed by atoms with Gasteiger partial charge in [0.05, 0.1) is 24.5 Å². The molecule has 3 aromatic heterocycles. The highest BCUT2D eigenvalue weighted by atomic mass is 32.1. The Kier molecular flexibility index (Phi) is 5.38. The number of hydrogen-bond donors (Lipinski definition) is 1. The molecule has 1 atom stereocenters. The van der Waals surface area contributed by atoms with Crippen LogP contribution in [0.5, 0.6) is 0 Å². The number of aromatic nitrogens is 4. The van der Waals surface area contributed by atoms with E-state index in [4.69, 9.17) is 0 Å². The van der Waals surface area contributed by atoms with Crippen molar-refractivity contribution in [2.75, 3.05) is 0 Å². The summed E-state index contributed by atoms with van der Waals surface area (Å²) in [6.45, 7) is 2.20. The smallest absolute Gasteiger partial charge is 0.262 e. The molecule has 6 nitrogen and oxygen atoms in total. The third kappa shape index (κ3) is 3.75. The first-order valence-electron chi connectivity index (χ1n) is 10.5. The van der Waals surface area contributed by atoms with Crippen LogP contribution in [-0.4, -0.2) is 25.4 Å². The van der Waals surface area contributed by atoms with Crippen LogP contribution in [0.15, 0.2) is 35.6 Å². The number of aryl methyl sites for hydroxylation is 3. The van der Waals surface area contributed by atoms with Crippen molar-refractivity contribution in [1.29, 1.82) is 0 Å². The molecular weight excluding hydrogens is 432 g/mol. The van der Waals surface area contributed by atoms with Crippen molar-refractivity contribution in [3.63, 3.8) is 0 Å². The molecule has 1 aliphatic rings. The molecular formula is C23H23F2N5OS. The van der Waals surface area contributed by atoms with Crippen molar-refractivity contribution in [2.45, 2.75) is 45.3 Å². The number of benzene rings is 1.